The van der Waals surface area contributed by atoms with Gasteiger partial charge >= 0.3 is 5.97 Å². The van der Waals surface area contributed by atoms with Gasteiger partial charge in [0.1, 0.15) is 5.92 Å². The van der Waals surface area contributed by atoms with Gasteiger partial charge < -0.3 is 4.74 Å². The van der Waals surface area contributed by atoms with Gasteiger partial charge in [-0.2, -0.15) is 0 Å². The molecule has 2 fully saturated rings. The molecule has 1 spiro atoms. The summed E-state index contributed by atoms with van der Waals surface area (Å²) >= 11 is 0. The third kappa shape index (κ3) is 1.65. The first-order chi connectivity index (χ1) is 8.52. The van der Waals surface area contributed by atoms with Crippen LogP contribution in [0, 0.1) is 25.2 Å². The minimum atomic E-state index is -0.571. The van der Waals surface area contributed by atoms with Gasteiger partial charge in [0.25, 0.3) is 0 Å². The van der Waals surface area contributed by atoms with Crippen LogP contribution in [-0.4, -0.2) is 18.4 Å². The largest absolute Gasteiger partial charge is 0.464 e. The summed E-state index contributed by atoms with van der Waals surface area (Å²) in [6.07, 6.45) is 1.86. The van der Waals surface area contributed by atoms with Crippen molar-refractivity contribution in [2.75, 3.05) is 6.61 Å². The fourth-order valence-corrected chi connectivity index (χ4v) is 2.89. The van der Waals surface area contributed by atoms with Gasteiger partial charge in [-0.25, -0.2) is 0 Å². The molecule has 1 aliphatic heterocycles. The van der Waals surface area contributed by atoms with Gasteiger partial charge in [0, 0.05) is 11.0 Å². The van der Waals surface area contributed by atoms with Crippen molar-refractivity contribution in [2.45, 2.75) is 26.7 Å². The van der Waals surface area contributed by atoms with Gasteiger partial charge in [0.05, 0.1) is 6.61 Å². The number of ketones is 1. The Morgan fingerprint density at radius 2 is 1.83 bits per heavy atom. The van der Waals surface area contributed by atoms with E-state index in [0.717, 1.165) is 24.0 Å². The molecule has 3 rings (SSSR count). The second-order valence-electron chi connectivity index (χ2n) is 5.64. The molecule has 0 radical (unpaired) electrons. The average molecular weight is 244 g/mol. The number of hydrogen-bond acceptors (Lipinski definition) is 3. The standard InChI is InChI=1S/C15H16O3/c1-9-5-10(2)7-11(6-9)13(16)12-14(17)18-8-15(12)3-4-15/h5-7,12H,3-4,8H2,1-2H3. The highest BCUT2D eigenvalue weighted by molar-refractivity contribution is 6.10. The molecule has 0 bridgehead atoms. The number of hydrogen-bond donors (Lipinski definition) is 0. The normalized spacial score (nSPS) is 24.1. The van der Waals surface area contributed by atoms with Crippen molar-refractivity contribution in [3.8, 4) is 0 Å². The molecule has 3 nitrogen and oxygen atoms in total. The number of rotatable bonds is 2. The third-order valence-electron chi connectivity index (χ3n) is 4.01. The number of cyclic esters (lactones) is 1. The van der Waals surface area contributed by atoms with E-state index in [9.17, 15) is 9.59 Å². The maximum Gasteiger partial charge on any atom is 0.317 e. The van der Waals surface area contributed by atoms with Crippen LogP contribution < -0.4 is 0 Å². The molecule has 0 aromatic heterocycles. The molecule has 1 aliphatic carbocycles. The van der Waals surface area contributed by atoms with Crippen LogP contribution in [0.3, 0.4) is 0 Å². The van der Waals surface area contributed by atoms with E-state index in [2.05, 4.69) is 0 Å². The number of ether oxygens (including phenoxy) is 1. The molecule has 1 aromatic carbocycles. The summed E-state index contributed by atoms with van der Waals surface area (Å²) in [6.45, 7) is 4.35. The second-order valence-corrected chi connectivity index (χ2v) is 5.64. The molecular formula is C15H16O3. The van der Waals surface area contributed by atoms with Crippen LogP contribution in [0.1, 0.15) is 34.3 Å². The van der Waals surface area contributed by atoms with E-state index in [4.69, 9.17) is 4.74 Å². The van der Waals surface area contributed by atoms with Crippen molar-refractivity contribution < 1.29 is 14.3 Å². The quantitative estimate of drug-likeness (QED) is 0.456. The minimum absolute atomic E-state index is 0.0678. The lowest BCUT2D eigenvalue weighted by Crippen LogP contribution is -2.27. The first-order valence-corrected chi connectivity index (χ1v) is 6.31. The third-order valence-corrected chi connectivity index (χ3v) is 4.01. The van der Waals surface area contributed by atoms with Gasteiger partial charge in [0.2, 0.25) is 0 Å². The van der Waals surface area contributed by atoms with E-state index in [-0.39, 0.29) is 17.2 Å². The number of esters is 1. The van der Waals surface area contributed by atoms with E-state index in [1.807, 2.05) is 32.0 Å². The molecule has 0 amide bonds. The van der Waals surface area contributed by atoms with Crippen LogP contribution in [0.5, 0.6) is 0 Å². The predicted octanol–water partition coefficient (Wildman–Crippen LogP) is 2.44. The molecule has 1 heterocycles. The van der Waals surface area contributed by atoms with E-state index >= 15 is 0 Å². The topological polar surface area (TPSA) is 43.4 Å². The fourth-order valence-electron chi connectivity index (χ4n) is 2.89. The van der Waals surface area contributed by atoms with Crippen molar-refractivity contribution >= 4 is 11.8 Å². The summed E-state index contributed by atoms with van der Waals surface area (Å²) in [7, 11) is 0. The van der Waals surface area contributed by atoms with Crippen LogP contribution in [0.15, 0.2) is 18.2 Å². The first-order valence-electron chi connectivity index (χ1n) is 6.31. The summed E-state index contributed by atoms with van der Waals surface area (Å²) in [5.74, 6) is -0.975. The zero-order valence-corrected chi connectivity index (χ0v) is 10.7. The summed E-state index contributed by atoms with van der Waals surface area (Å²) in [5.41, 5.74) is 2.57. The average Bonchev–Trinajstić information content (AvgIpc) is 2.98. The molecular weight excluding hydrogens is 228 g/mol. The monoisotopic (exact) mass is 244 g/mol. The van der Waals surface area contributed by atoms with Crippen molar-refractivity contribution in [1.29, 1.82) is 0 Å². The summed E-state index contributed by atoms with van der Waals surface area (Å²) in [5, 5.41) is 0. The first kappa shape index (κ1) is 11.5. The summed E-state index contributed by atoms with van der Waals surface area (Å²) < 4.78 is 5.09. The minimum Gasteiger partial charge on any atom is -0.464 e. The van der Waals surface area contributed by atoms with E-state index in [0.29, 0.717) is 12.2 Å². The Kier molecular flexibility index (Phi) is 2.34. The number of carbonyl (C=O) groups is 2. The lowest BCUT2D eigenvalue weighted by Gasteiger charge is -2.13. The maximum atomic E-state index is 12.5. The Morgan fingerprint density at radius 1 is 1.22 bits per heavy atom. The number of aryl methyl sites for hydroxylation is 2. The molecule has 3 heteroatoms. The Balaban J connectivity index is 1.97. The highest BCUT2D eigenvalue weighted by Gasteiger charge is 2.61. The van der Waals surface area contributed by atoms with Crippen molar-refractivity contribution in [3.63, 3.8) is 0 Å². The number of Topliss-reactive ketones (excluding diaryl/α,β-unsaturated/α-hetero) is 1. The van der Waals surface area contributed by atoms with Crippen LogP contribution in [0.25, 0.3) is 0 Å². The summed E-state index contributed by atoms with van der Waals surface area (Å²) in [4.78, 5) is 24.3. The van der Waals surface area contributed by atoms with Gasteiger partial charge in [0.15, 0.2) is 5.78 Å². The van der Waals surface area contributed by atoms with E-state index in [1.54, 1.807) is 0 Å². The number of benzene rings is 1. The SMILES string of the molecule is Cc1cc(C)cc(C(=O)C2C(=O)OCC23CC3)c1. The molecule has 1 aromatic rings. The molecule has 1 saturated heterocycles. The molecule has 18 heavy (non-hydrogen) atoms. The smallest absolute Gasteiger partial charge is 0.317 e. The van der Waals surface area contributed by atoms with E-state index < -0.39 is 5.92 Å². The zero-order chi connectivity index (χ0) is 12.9. The Bertz CT molecular complexity index is 520. The number of carbonyl (C=O) groups excluding carboxylic acids is 2. The Labute approximate surface area is 106 Å². The molecule has 0 N–H and O–H groups in total. The van der Waals surface area contributed by atoms with Gasteiger partial charge in [-0.05, 0) is 38.8 Å². The van der Waals surface area contributed by atoms with E-state index in [1.165, 1.54) is 0 Å². The predicted molar refractivity (Wildman–Crippen MR) is 66.4 cm³/mol. The van der Waals surface area contributed by atoms with Crippen molar-refractivity contribution in [3.05, 3.63) is 34.9 Å². The lowest BCUT2D eigenvalue weighted by molar-refractivity contribution is -0.140. The van der Waals surface area contributed by atoms with Crippen molar-refractivity contribution in [2.24, 2.45) is 11.3 Å². The maximum absolute atomic E-state index is 12.5. The van der Waals surface area contributed by atoms with Gasteiger partial charge in [-0.3, -0.25) is 9.59 Å². The fraction of sp³-hybridized carbons (Fsp3) is 0.467. The molecule has 94 valence electrons. The molecule has 1 saturated carbocycles. The Morgan fingerprint density at radius 3 is 2.39 bits per heavy atom. The highest BCUT2D eigenvalue weighted by Crippen LogP contribution is 2.56. The molecule has 2 aliphatic rings. The summed E-state index contributed by atoms with van der Waals surface area (Å²) in [6, 6.07) is 5.74. The van der Waals surface area contributed by atoms with Crippen LogP contribution in [0.2, 0.25) is 0 Å². The van der Waals surface area contributed by atoms with Crippen molar-refractivity contribution in [1.82, 2.24) is 0 Å². The van der Waals surface area contributed by atoms with Crippen LogP contribution >= 0.6 is 0 Å². The Hall–Kier alpha value is -1.64. The lowest BCUT2D eigenvalue weighted by atomic mass is 9.85. The van der Waals surface area contributed by atoms with Crippen LogP contribution in [-0.2, 0) is 9.53 Å². The van der Waals surface area contributed by atoms with Gasteiger partial charge in [-0.1, -0.05) is 17.2 Å². The molecule has 1 unspecified atom stereocenters. The second kappa shape index (κ2) is 3.67. The molecule has 1 atom stereocenters. The van der Waals surface area contributed by atoms with Gasteiger partial charge in [-0.15, -0.1) is 0 Å². The zero-order valence-electron chi connectivity index (χ0n) is 10.7. The van der Waals surface area contributed by atoms with Crippen LogP contribution in [0.4, 0.5) is 0 Å². The highest BCUT2D eigenvalue weighted by atomic mass is 16.5.